The molecule has 1 fully saturated rings. The average Bonchev–Trinajstić information content (AvgIpc) is 2.76. The van der Waals surface area contributed by atoms with E-state index in [9.17, 15) is 4.79 Å². The Morgan fingerprint density at radius 1 is 1.56 bits per heavy atom. The van der Waals surface area contributed by atoms with Gasteiger partial charge < -0.3 is 19.8 Å². The second-order valence-corrected chi connectivity index (χ2v) is 4.68. The van der Waals surface area contributed by atoms with Crippen LogP contribution in [0, 0.1) is 6.92 Å². The largest absolute Gasteiger partial charge is 0.464 e. The van der Waals surface area contributed by atoms with Crippen molar-refractivity contribution in [3.8, 4) is 0 Å². The SMILES string of the molecule is COCCN1C(=O)CCC(N)C1c1ccc(C)o1. The van der Waals surface area contributed by atoms with E-state index < -0.39 is 0 Å². The fraction of sp³-hybridized carbons (Fsp3) is 0.615. The average molecular weight is 252 g/mol. The Kier molecular flexibility index (Phi) is 4.04. The lowest BCUT2D eigenvalue weighted by molar-refractivity contribution is -0.138. The molecule has 5 nitrogen and oxygen atoms in total. The molecule has 1 amide bonds. The van der Waals surface area contributed by atoms with Crippen LogP contribution in [-0.2, 0) is 9.53 Å². The first-order valence-electron chi connectivity index (χ1n) is 6.24. The molecule has 2 N–H and O–H groups in total. The molecule has 1 saturated heterocycles. The molecular formula is C13H20N2O3. The zero-order valence-corrected chi connectivity index (χ0v) is 10.9. The minimum atomic E-state index is -0.171. The van der Waals surface area contributed by atoms with Crippen LogP contribution in [0.5, 0.6) is 0 Å². The molecule has 0 saturated carbocycles. The van der Waals surface area contributed by atoms with E-state index in [4.69, 9.17) is 14.9 Å². The van der Waals surface area contributed by atoms with E-state index in [1.54, 1.807) is 12.0 Å². The van der Waals surface area contributed by atoms with Gasteiger partial charge in [0, 0.05) is 26.1 Å². The van der Waals surface area contributed by atoms with Crippen LogP contribution >= 0.6 is 0 Å². The highest BCUT2D eigenvalue weighted by Gasteiger charge is 2.36. The number of carbonyl (C=O) groups is 1. The van der Waals surface area contributed by atoms with Crippen molar-refractivity contribution in [2.75, 3.05) is 20.3 Å². The first-order chi connectivity index (χ1) is 8.63. The van der Waals surface area contributed by atoms with Crippen molar-refractivity contribution in [1.29, 1.82) is 0 Å². The van der Waals surface area contributed by atoms with E-state index in [0.717, 1.165) is 11.5 Å². The van der Waals surface area contributed by atoms with Crippen molar-refractivity contribution in [1.82, 2.24) is 4.90 Å². The first-order valence-corrected chi connectivity index (χ1v) is 6.24. The minimum absolute atomic E-state index is 0.0786. The van der Waals surface area contributed by atoms with Gasteiger partial charge in [-0.3, -0.25) is 4.79 Å². The molecular weight excluding hydrogens is 232 g/mol. The van der Waals surface area contributed by atoms with Gasteiger partial charge in [0.05, 0.1) is 6.61 Å². The molecule has 0 spiro atoms. The van der Waals surface area contributed by atoms with E-state index in [1.165, 1.54) is 0 Å². The highest BCUT2D eigenvalue weighted by molar-refractivity contribution is 5.77. The Hall–Kier alpha value is -1.33. The van der Waals surface area contributed by atoms with Crippen LogP contribution in [0.15, 0.2) is 16.5 Å². The number of aryl methyl sites for hydroxylation is 1. The summed E-state index contributed by atoms with van der Waals surface area (Å²) < 4.78 is 10.7. The van der Waals surface area contributed by atoms with Crippen LogP contribution in [0.1, 0.15) is 30.4 Å². The molecule has 5 heteroatoms. The maximum atomic E-state index is 12.0. The summed E-state index contributed by atoms with van der Waals surface area (Å²) in [6, 6.07) is 3.55. The van der Waals surface area contributed by atoms with E-state index in [-0.39, 0.29) is 18.0 Å². The molecule has 0 bridgehead atoms. The zero-order valence-electron chi connectivity index (χ0n) is 10.9. The quantitative estimate of drug-likeness (QED) is 0.875. The standard InChI is InChI=1S/C13H20N2O3/c1-9-3-5-11(18-9)13-10(14)4-6-12(16)15(13)7-8-17-2/h3,5,10,13H,4,6-8,14H2,1-2H3. The summed E-state index contributed by atoms with van der Waals surface area (Å²) in [6.07, 6.45) is 1.20. The van der Waals surface area contributed by atoms with Crippen molar-refractivity contribution in [3.05, 3.63) is 23.7 Å². The lowest BCUT2D eigenvalue weighted by atomic mass is 9.94. The number of amides is 1. The maximum Gasteiger partial charge on any atom is 0.223 e. The molecule has 0 aliphatic carbocycles. The number of likely N-dealkylation sites (tertiary alicyclic amines) is 1. The molecule has 100 valence electrons. The van der Waals surface area contributed by atoms with Crippen molar-refractivity contribution in [3.63, 3.8) is 0 Å². The number of ether oxygens (including phenoxy) is 1. The topological polar surface area (TPSA) is 68.7 Å². The predicted octanol–water partition coefficient (Wildman–Crippen LogP) is 1.23. The van der Waals surface area contributed by atoms with Crippen LogP contribution in [0.25, 0.3) is 0 Å². The van der Waals surface area contributed by atoms with E-state index in [2.05, 4.69) is 0 Å². The lowest BCUT2D eigenvalue weighted by Crippen LogP contribution is -2.49. The van der Waals surface area contributed by atoms with Crippen molar-refractivity contribution >= 4 is 5.91 Å². The number of rotatable bonds is 4. The Balaban J connectivity index is 2.22. The molecule has 0 radical (unpaired) electrons. The second-order valence-electron chi connectivity index (χ2n) is 4.68. The Labute approximate surface area is 107 Å². The van der Waals surface area contributed by atoms with Gasteiger partial charge in [-0.1, -0.05) is 0 Å². The molecule has 2 heterocycles. The highest BCUT2D eigenvalue weighted by Crippen LogP contribution is 2.31. The van der Waals surface area contributed by atoms with Gasteiger partial charge in [-0.25, -0.2) is 0 Å². The van der Waals surface area contributed by atoms with Crippen LogP contribution in [0.3, 0.4) is 0 Å². The van der Waals surface area contributed by atoms with Crippen molar-refractivity contribution in [2.45, 2.75) is 31.8 Å². The maximum absolute atomic E-state index is 12.0. The number of nitrogens with zero attached hydrogens (tertiary/aromatic N) is 1. The third-order valence-corrected chi connectivity index (χ3v) is 3.34. The number of nitrogens with two attached hydrogens (primary N) is 1. The normalized spacial score (nSPS) is 24.6. The molecule has 18 heavy (non-hydrogen) atoms. The fourth-order valence-electron chi connectivity index (χ4n) is 2.41. The first kappa shape index (κ1) is 13.1. The van der Waals surface area contributed by atoms with E-state index >= 15 is 0 Å². The van der Waals surface area contributed by atoms with Crippen LogP contribution < -0.4 is 5.73 Å². The summed E-state index contributed by atoms with van der Waals surface area (Å²) in [5.74, 6) is 1.72. The smallest absolute Gasteiger partial charge is 0.223 e. The van der Waals surface area contributed by atoms with Gasteiger partial charge in [0.2, 0.25) is 5.91 Å². The fourth-order valence-corrected chi connectivity index (χ4v) is 2.41. The molecule has 1 aromatic heterocycles. The Morgan fingerprint density at radius 3 is 2.94 bits per heavy atom. The number of furan rings is 1. The minimum Gasteiger partial charge on any atom is -0.464 e. The molecule has 1 aliphatic rings. The van der Waals surface area contributed by atoms with Crippen LogP contribution in [0.4, 0.5) is 0 Å². The van der Waals surface area contributed by atoms with Crippen molar-refractivity contribution < 1.29 is 13.9 Å². The zero-order chi connectivity index (χ0) is 13.1. The number of methoxy groups -OCH3 is 1. The van der Waals surface area contributed by atoms with Gasteiger partial charge in [-0.15, -0.1) is 0 Å². The molecule has 0 aromatic carbocycles. The van der Waals surface area contributed by atoms with E-state index in [0.29, 0.717) is 26.0 Å². The summed E-state index contributed by atoms with van der Waals surface area (Å²) in [5.41, 5.74) is 6.15. The van der Waals surface area contributed by atoms with Gasteiger partial charge in [0.1, 0.15) is 17.6 Å². The Bertz CT molecular complexity index is 416. The number of carbonyl (C=O) groups excluding carboxylic acids is 1. The summed E-state index contributed by atoms with van der Waals surface area (Å²) >= 11 is 0. The van der Waals surface area contributed by atoms with Gasteiger partial charge in [-0.2, -0.15) is 0 Å². The third kappa shape index (κ3) is 2.57. The van der Waals surface area contributed by atoms with Gasteiger partial charge in [-0.05, 0) is 25.5 Å². The summed E-state index contributed by atoms with van der Waals surface area (Å²) in [5, 5.41) is 0. The summed E-state index contributed by atoms with van der Waals surface area (Å²) in [6.45, 7) is 2.95. The number of hydrogen-bond donors (Lipinski definition) is 1. The summed E-state index contributed by atoms with van der Waals surface area (Å²) in [7, 11) is 1.63. The van der Waals surface area contributed by atoms with Gasteiger partial charge >= 0.3 is 0 Å². The second kappa shape index (κ2) is 5.54. The number of piperidine rings is 1. The highest BCUT2D eigenvalue weighted by atomic mass is 16.5. The van der Waals surface area contributed by atoms with Gasteiger partial charge in [0.15, 0.2) is 0 Å². The van der Waals surface area contributed by atoms with E-state index in [1.807, 2.05) is 19.1 Å². The lowest BCUT2D eigenvalue weighted by Gasteiger charge is -2.38. The molecule has 2 unspecified atom stereocenters. The van der Waals surface area contributed by atoms with Crippen molar-refractivity contribution in [2.24, 2.45) is 5.73 Å². The van der Waals surface area contributed by atoms with Crippen LogP contribution in [-0.4, -0.2) is 37.1 Å². The Morgan fingerprint density at radius 2 is 2.33 bits per heavy atom. The van der Waals surface area contributed by atoms with Gasteiger partial charge in [0.25, 0.3) is 0 Å². The molecule has 1 aliphatic heterocycles. The number of hydrogen-bond acceptors (Lipinski definition) is 4. The molecule has 2 rings (SSSR count). The van der Waals surface area contributed by atoms with Crippen LogP contribution in [0.2, 0.25) is 0 Å². The molecule has 1 aromatic rings. The third-order valence-electron chi connectivity index (χ3n) is 3.34. The monoisotopic (exact) mass is 252 g/mol. The summed E-state index contributed by atoms with van der Waals surface area (Å²) in [4.78, 5) is 13.8. The predicted molar refractivity (Wildman–Crippen MR) is 67.0 cm³/mol. The molecule has 2 atom stereocenters.